The predicted octanol–water partition coefficient (Wildman–Crippen LogP) is 3.53. The zero-order valence-corrected chi connectivity index (χ0v) is 11.7. The van der Waals surface area contributed by atoms with Crippen molar-refractivity contribution in [3.63, 3.8) is 0 Å². The van der Waals surface area contributed by atoms with Crippen LogP contribution in [0.1, 0.15) is 5.56 Å². The SMILES string of the molecule is Cc1ccc(NC(=S)N(C)c2ccc(O)cc2)cc1. The number of benzene rings is 2. The quantitative estimate of drug-likeness (QED) is 0.820. The zero-order chi connectivity index (χ0) is 13.8. The van der Waals surface area contributed by atoms with Crippen LogP contribution in [-0.2, 0) is 0 Å². The summed E-state index contributed by atoms with van der Waals surface area (Å²) in [7, 11) is 1.88. The monoisotopic (exact) mass is 272 g/mol. The molecule has 0 bridgehead atoms. The molecule has 4 heteroatoms. The second kappa shape index (κ2) is 5.71. The van der Waals surface area contributed by atoms with Gasteiger partial charge in [-0.05, 0) is 55.5 Å². The molecule has 0 saturated heterocycles. The largest absolute Gasteiger partial charge is 0.508 e. The van der Waals surface area contributed by atoms with Crippen LogP contribution < -0.4 is 10.2 Å². The second-order valence-corrected chi connectivity index (χ2v) is 4.76. The van der Waals surface area contributed by atoms with Crippen LogP contribution in [0.25, 0.3) is 0 Å². The van der Waals surface area contributed by atoms with Gasteiger partial charge in [0.25, 0.3) is 0 Å². The van der Waals surface area contributed by atoms with E-state index < -0.39 is 0 Å². The van der Waals surface area contributed by atoms with E-state index in [1.165, 1.54) is 5.56 Å². The standard InChI is InChI=1S/C15H16N2OS/c1-11-3-5-12(6-4-11)16-15(19)17(2)13-7-9-14(18)10-8-13/h3-10,18H,1-2H3,(H,16,19). The fraction of sp³-hybridized carbons (Fsp3) is 0.133. The lowest BCUT2D eigenvalue weighted by Gasteiger charge is -2.21. The summed E-state index contributed by atoms with van der Waals surface area (Å²) in [6.07, 6.45) is 0. The molecular weight excluding hydrogens is 256 g/mol. The van der Waals surface area contributed by atoms with Crippen molar-refractivity contribution in [2.24, 2.45) is 0 Å². The summed E-state index contributed by atoms with van der Waals surface area (Å²) < 4.78 is 0. The van der Waals surface area contributed by atoms with Gasteiger partial charge in [0.05, 0.1) is 0 Å². The molecular formula is C15H16N2OS. The number of hydrogen-bond donors (Lipinski definition) is 2. The van der Waals surface area contributed by atoms with E-state index in [4.69, 9.17) is 12.2 Å². The Morgan fingerprint density at radius 3 is 2.21 bits per heavy atom. The smallest absolute Gasteiger partial charge is 0.177 e. The first-order chi connectivity index (χ1) is 9.06. The van der Waals surface area contributed by atoms with Gasteiger partial charge < -0.3 is 15.3 Å². The number of phenols is 1. The Bertz CT molecular complexity index is 564. The first-order valence-corrected chi connectivity index (χ1v) is 6.37. The number of thiocarbonyl (C=S) groups is 1. The van der Waals surface area contributed by atoms with Crippen molar-refractivity contribution in [3.8, 4) is 5.75 Å². The van der Waals surface area contributed by atoms with E-state index in [0.29, 0.717) is 5.11 Å². The summed E-state index contributed by atoms with van der Waals surface area (Å²) in [5, 5.41) is 13.1. The maximum atomic E-state index is 9.27. The highest BCUT2D eigenvalue weighted by Gasteiger charge is 2.07. The van der Waals surface area contributed by atoms with E-state index >= 15 is 0 Å². The van der Waals surface area contributed by atoms with Crippen LogP contribution in [0.5, 0.6) is 5.75 Å². The molecule has 0 atom stereocenters. The molecule has 0 fully saturated rings. The molecule has 2 aromatic rings. The molecule has 0 heterocycles. The summed E-state index contributed by atoms with van der Waals surface area (Å²) >= 11 is 5.36. The number of aryl methyl sites for hydroxylation is 1. The molecule has 3 nitrogen and oxygen atoms in total. The highest BCUT2D eigenvalue weighted by atomic mass is 32.1. The molecule has 0 unspecified atom stereocenters. The van der Waals surface area contributed by atoms with Gasteiger partial charge >= 0.3 is 0 Å². The number of aromatic hydroxyl groups is 1. The molecule has 0 saturated carbocycles. The first kappa shape index (κ1) is 13.4. The zero-order valence-electron chi connectivity index (χ0n) is 10.9. The summed E-state index contributed by atoms with van der Waals surface area (Å²) in [6.45, 7) is 2.05. The maximum Gasteiger partial charge on any atom is 0.177 e. The fourth-order valence-corrected chi connectivity index (χ4v) is 1.86. The van der Waals surface area contributed by atoms with E-state index in [1.807, 2.05) is 55.3 Å². The Morgan fingerprint density at radius 2 is 1.63 bits per heavy atom. The molecule has 19 heavy (non-hydrogen) atoms. The average molecular weight is 272 g/mol. The third kappa shape index (κ3) is 3.45. The predicted molar refractivity (Wildman–Crippen MR) is 83.9 cm³/mol. The van der Waals surface area contributed by atoms with E-state index in [2.05, 4.69) is 5.32 Å². The minimum atomic E-state index is 0.245. The topological polar surface area (TPSA) is 35.5 Å². The molecule has 0 radical (unpaired) electrons. The van der Waals surface area contributed by atoms with Crippen LogP contribution in [0.4, 0.5) is 11.4 Å². The molecule has 0 spiro atoms. The van der Waals surface area contributed by atoms with Crippen LogP contribution in [0.15, 0.2) is 48.5 Å². The summed E-state index contributed by atoms with van der Waals surface area (Å²) in [6, 6.07) is 15.0. The van der Waals surface area contributed by atoms with Gasteiger partial charge in [0.15, 0.2) is 5.11 Å². The minimum Gasteiger partial charge on any atom is -0.508 e. The molecule has 2 N–H and O–H groups in total. The van der Waals surface area contributed by atoms with E-state index in [-0.39, 0.29) is 5.75 Å². The third-order valence-electron chi connectivity index (χ3n) is 2.84. The lowest BCUT2D eigenvalue weighted by molar-refractivity contribution is 0.475. The Hall–Kier alpha value is -2.07. The third-order valence-corrected chi connectivity index (χ3v) is 3.22. The number of anilines is 2. The Balaban J connectivity index is 2.07. The van der Waals surface area contributed by atoms with Crippen molar-refractivity contribution >= 4 is 28.7 Å². The Labute approximate surface area is 118 Å². The van der Waals surface area contributed by atoms with Gasteiger partial charge in [0.2, 0.25) is 0 Å². The molecule has 2 rings (SSSR count). The van der Waals surface area contributed by atoms with Crippen molar-refractivity contribution in [1.29, 1.82) is 0 Å². The van der Waals surface area contributed by atoms with Crippen LogP contribution >= 0.6 is 12.2 Å². The second-order valence-electron chi connectivity index (χ2n) is 4.37. The molecule has 98 valence electrons. The molecule has 0 amide bonds. The average Bonchev–Trinajstić information content (AvgIpc) is 2.41. The van der Waals surface area contributed by atoms with Crippen molar-refractivity contribution in [2.75, 3.05) is 17.3 Å². The number of nitrogens with one attached hydrogen (secondary N) is 1. The van der Waals surface area contributed by atoms with Gasteiger partial charge in [-0.15, -0.1) is 0 Å². The van der Waals surface area contributed by atoms with Crippen LogP contribution in [0, 0.1) is 6.92 Å². The van der Waals surface area contributed by atoms with Crippen LogP contribution in [0.2, 0.25) is 0 Å². The Kier molecular flexibility index (Phi) is 4.02. The van der Waals surface area contributed by atoms with Gasteiger partial charge in [-0.2, -0.15) is 0 Å². The lowest BCUT2D eigenvalue weighted by Crippen LogP contribution is -2.30. The van der Waals surface area contributed by atoms with Gasteiger partial charge in [0.1, 0.15) is 5.75 Å². The molecule has 0 aromatic heterocycles. The highest BCUT2D eigenvalue weighted by Crippen LogP contribution is 2.18. The summed E-state index contributed by atoms with van der Waals surface area (Å²) in [5.74, 6) is 0.245. The molecule has 2 aromatic carbocycles. The minimum absolute atomic E-state index is 0.245. The number of hydrogen-bond acceptors (Lipinski definition) is 2. The molecule has 0 aliphatic rings. The lowest BCUT2D eigenvalue weighted by atomic mass is 10.2. The van der Waals surface area contributed by atoms with Gasteiger partial charge in [-0.3, -0.25) is 0 Å². The number of nitrogens with zero attached hydrogens (tertiary/aromatic N) is 1. The maximum absolute atomic E-state index is 9.27. The van der Waals surface area contributed by atoms with E-state index in [1.54, 1.807) is 12.1 Å². The first-order valence-electron chi connectivity index (χ1n) is 5.96. The summed E-state index contributed by atoms with van der Waals surface area (Å²) in [4.78, 5) is 1.86. The van der Waals surface area contributed by atoms with Crippen molar-refractivity contribution < 1.29 is 5.11 Å². The van der Waals surface area contributed by atoms with Crippen LogP contribution in [0.3, 0.4) is 0 Å². The number of phenolic OH excluding ortho intramolecular Hbond substituents is 1. The molecule has 0 aliphatic heterocycles. The van der Waals surface area contributed by atoms with Gasteiger partial charge in [-0.25, -0.2) is 0 Å². The van der Waals surface area contributed by atoms with Crippen molar-refractivity contribution in [1.82, 2.24) is 0 Å². The van der Waals surface area contributed by atoms with E-state index in [9.17, 15) is 5.11 Å². The van der Waals surface area contributed by atoms with Gasteiger partial charge in [0, 0.05) is 18.4 Å². The fourth-order valence-electron chi connectivity index (χ4n) is 1.64. The number of rotatable bonds is 2. The molecule has 0 aliphatic carbocycles. The van der Waals surface area contributed by atoms with E-state index in [0.717, 1.165) is 11.4 Å². The summed E-state index contributed by atoms with van der Waals surface area (Å²) in [5.41, 5.74) is 3.09. The Morgan fingerprint density at radius 1 is 1.05 bits per heavy atom. The van der Waals surface area contributed by atoms with Crippen molar-refractivity contribution in [3.05, 3.63) is 54.1 Å². The normalized spacial score (nSPS) is 10.0. The highest BCUT2D eigenvalue weighted by molar-refractivity contribution is 7.80. The van der Waals surface area contributed by atoms with Crippen molar-refractivity contribution in [2.45, 2.75) is 6.92 Å². The van der Waals surface area contributed by atoms with Crippen LogP contribution in [-0.4, -0.2) is 17.3 Å². The van der Waals surface area contributed by atoms with Gasteiger partial charge in [-0.1, -0.05) is 17.7 Å².